The van der Waals surface area contributed by atoms with E-state index in [-0.39, 0.29) is 18.4 Å². The van der Waals surface area contributed by atoms with Crippen LogP contribution in [0, 0.1) is 0 Å². The molecule has 0 fully saturated rings. The first kappa shape index (κ1) is 23.6. The number of halogens is 1. The van der Waals surface area contributed by atoms with Crippen molar-refractivity contribution in [2.75, 3.05) is 26.1 Å². The van der Waals surface area contributed by atoms with Crippen molar-refractivity contribution in [3.05, 3.63) is 82.9 Å². The fourth-order valence-corrected chi connectivity index (χ4v) is 2.86. The molecule has 3 aromatic carbocycles. The monoisotopic (exact) mass is 467 g/mol. The van der Waals surface area contributed by atoms with Crippen molar-refractivity contribution < 1.29 is 23.8 Å². The van der Waals surface area contributed by atoms with E-state index in [1.54, 1.807) is 73.8 Å². The number of nitrogens with zero attached hydrogens (tertiary/aromatic N) is 1. The van der Waals surface area contributed by atoms with Crippen molar-refractivity contribution >= 4 is 35.3 Å². The van der Waals surface area contributed by atoms with E-state index >= 15 is 0 Å². The van der Waals surface area contributed by atoms with Gasteiger partial charge >= 0.3 is 0 Å². The van der Waals surface area contributed by atoms with Crippen molar-refractivity contribution in [3.63, 3.8) is 0 Å². The van der Waals surface area contributed by atoms with Gasteiger partial charge in [-0.15, -0.1) is 0 Å². The number of methoxy groups -OCH3 is 2. The molecule has 0 bridgehead atoms. The summed E-state index contributed by atoms with van der Waals surface area (Å²) >= 11 is 5.82. The molecule has 170 valence electrons. The first-order chi connectivity index (χ1) is 16.0. The lowest BCUT2D eigenvalue weighted by Crippen LogP contribution is -2.20. The highest BCUT2D eigenvalue weighted by Gasteiger charge is 2.09. The third kappa shape index (κ3) is 6.98. The number of hydrazone groups is 1. The lowest BCUT2D eigenvalue weighted by Gasteiger charge is -2.11. The van der Waals surface area contributed by atoms with E-state index in [1.807, 2.05) is 0 Å². The highest BCUT2D eigenvalue weighted by molar-refractivity contribution is 6.30. The molecule has 0 aromatic heterocycles. The van der Waals surface area contributed by atoms with Crippen LogP contribution in [0.1, 0.15) is 15.9 Å². The number of carbonyl (C=O) groups excluding carboxylic acids is 2. The van der Waals surface area contributed by atoms with Gasteiger partial charge in [-0.05, 0) is 72.3 Å². The van der Waals surface area contributed by atoms with E-state index in [0.717, 1.165) is 0 Å². The lowest BCUT2D eigenvalue weighted by molar-refractivity contribution is -0.118. The standard InChI is InChI=1S/C24H22ClN3O5/c1-31-20-10-8-19(9-11-20)27-23(29)15-33-21-12-3-16(13-22(21)32-2)14-26-28-24(30)17-4-6-18(25)7-5-17/h3-14H,15H2,1-2H3,(H,27,29)(H,28,30)/b26-14+. The molecule has 0 saturated carbocycles. The number of hydrogen-bond donors (Lipinski definition) is 2. The Morgan fingerprint density at radius 1 is 0.939 bits per heavy atom. The number of benzene rings is 3. The molecule has 0 heterocycles. The Balaban J connectivity index is 1.54. The second-order valence-electron chi connectivity index (χ2n) is 6.68. The lowest BCUT2D eigenvalue weighted by atomic mass is 10.2. The smallest absolute Gasteiger partial charge is 0.271 e. The Labute approximate surface area is 196 Å². The topological polar surface area (TPSA) is 98.3 Å². The van der Waals surface area contributed by atoms with Crippen LogP contribution in [-0.2, 0) is 4.79 Å². The molecule has 0 spiro atoms. The molecule has 0 atom stereocenters. The summed E-state index contributed by atoms with van der Waals surface area (Å²) in [4.78, 5) is 24.2. The van der Waals surface area contributed by atoms with Crippen LogP contribution in [0.3, 0.4) is 0 Å². The summed E-state index contributed by atoms with van der Waals surface area (Å²) in [7, 11) is 3.06. The van der Waals surface area contributed by atoms with Gasteiger partial charge in [0, 0.05) is 16.3 Å². The summed E-state index contributed by atoms with van der Waals surface area (Å²) in [6, 6.07) is 18.5. The summed E-state index contributed by atoms with van der Waals surface area (Å²) in [6.45, 7) is -0.201. The maximum absolute atomic E-state index is 12.2. The molecule has 0 unspecified atom stereocenters. The van der Waals surface area contributed by atoms with E-state index in [0.29, 0.717) is 39.1 Å². The zero-order valence-electron chi connectivity index (χ0n) is 18.0. The van der Waals surface area contributed by atoms with Crippen LogP contribution in [0.15, 0.2) is 71.8 Å². The van der Waals surface area contributed by atoms with E-state index in [4.69, 9.17) is 25.8 Å². The van der Waals surface area contributed by atoms with Crippen LogP contribution in [0.4, 0.5) is 5.69 Å². The first-order valence-corrected chi connectivity index (χ1v) is 10.2. The van der Waals surface area contributed by atoms with Crippen LogP contribution in [0.2, 0.25) is 5.02 Å². The summed E-state index contributed by atoms with van der Waals surface area (Å²) in [5, 5.41) is 7.23. The van der Waals surface area contributed by atoms with E-state index in [9.17, 15) is 9.59 Å². The molecule has 0 radical (unpaired) electrons. The SMILES string of the molecule is COc1ccc(NC(=O)COc2ccc(/C=N/NC(=O)c3ccc(Cl)cc3)cc2OC)cc1. The minimum atomic E-state index is -0.363. The first-order valence-electron chi connectivity index (χ1n) is 9.82. The number of rotatable bonds is 9. The van der Waals surface area contributed by atoms with Crippen LogP contribution < -0.4 is 25.0 Å². The number of ether oxygens (including phenoxy) is 3. The van der Waals surface area contributed by atoms with Gasteiger partial charge in [0.15, 0.2) is 18.1 Å². The maximum Gasteiger partial charge on any atom is 0.271 e. The summed E-state index contributed by atoms with van der Waals surface area (Å²) in [5.41, 5.74) is 4.17. The third-order valence-corrected chi connectivity index (χ3v) is 4.66. The summed E-state index contributed by atoms with van der Waals surface area (Å²) in [5.74, 6) is 0.822. The van der Waals surface area contributed by atoms with Crippen LogP contribution in [0.5, 0.6) is 17.2 Å². The minimum absolute atomic E-state index is 0.201. The Kier molecular flexibility index (Phi) is 8.26. The predicted octanol–water partition coefficient (Wildman–Crippen LogP) is 4.14. The van der Waals surface area contributed by atoms with E-state index < -0.39 is 0 Å². The number of anilines is 1. The number of carbonyl (C=O) groups is 2. The molecule has 2 N–H and O–H groups in total. The molecule has 0 aliphatic rings. The van der Waals surface area contributed by atoms with Gasteiger partial charge in [-0.3, -0.25) is 9.59 Å². The Hall–Kier alpha value is -4.04. The molecule has 3 rings (SSSR count). The molecule has 0 saturated heterocycles. The molecule has 2 amide bonds. The van der Waals surface area contributed by atoms with Crippen molar-refractivity contribution in [1.29, 1.82) is 0 Å². The van der Waals surface area contributed by atoms with Crippen LogP contribution in [-0.4, -0.2) is 38.9 Å². The molecule has 0 aliphatic carbocycles. The Bertz CT molecular complexity index is 1130. The summed E-state index contributed by atoms with van der Waals surface area (Å²) < 4.78 is 16.0. The second-order valence-corrected chi connectivity index (χ2v) is 7.12. The molecule has 33 heavy (non-hydrogen) atoms. The normalized spacial score (nSPS) is 10.5. The zero-order valence-corrected chi connectivity index (χ0v) is 18.8. The third-order valence-electron chi connectivity index (χ3n) is 4.41. The number of nitrogens with one attached hydrogen (secondary N) is 2. The molecular formula is C24H22ClN3O5. The van der Waals surface area contributed by atoms with Gasteiger partial charge < -0.3 is 19.5 Å². The quantitative estimate of drug-likeness (QED) is 0.364. The number of amides is 2. The van der Waals surface area contributed by atoms with Gasteiger partial charge in [0.2, 0.25) is 0 Å². The zero-order chi connectivity index (χ0) is 23.6. The van der Waals surface area contributed by atoms with E-state index in [2.05, 4.69) is 15.8 Å². The van der Waals surface area contributed by atoms with Gasteiger partial charge in [0.1, 0.15) is 5.75 Å². The molecule has 8 nitrogen and oxygen atoms in total. The van der Waals surface area contributed by atoms with Crippen LogP contribution in [0.25, 0.3) is 0 Å². The Morgan fingerprint density at radius 3 is 2.33 bits per heavy atom. The van der Waals surface area contributed by atoms with Gasteiger partial charge in [-0.25, -0.2) is 5.43 Å². The average Bonchev–Trinajstić information content (AvgIpc) is 2.84. The van der Waals surface area contributed by atoms with Crippen molar-refractivity contribution in [2.45, 2.75) is 0 Å². The van der Waals surface area contributed by atoms with Gasteiger partial charge in [-0.2, -0.15) is 5.10 Å². The van der Waals surface area contributed by atoms with Crippen LogP contribution >= 0.6 is 11.6 Å². The Morgan fingerprint density at radius 2 is 1.67 bits per heavy atom. The summed E-state index contributed by atoms with van der Waals surface area (Å²) in [6.07, 6.45) is 1.47. The largest absolute Gasteiger partial charge is 0.497 e. The fourth-order valence-electron chi connectivity index (χ4n) is 2.73. The highest BCUT2D eigenvalue weighted by Crippen LogP contribution is 2.27. The number of hydrogen-bond acceptors (Lipinski definition) is 6. The predicted molar refractivity (Wildman–Crippen MR) is 127 cm³/mol. The molecular weight excluding hydrogens is 446 g/mol. The molecule has 3 aromatic rings. The van der Waals surface area contributed by atoms with Gasteiger partial charge in [0.25, 0.3) is 11.8 Å². The van der Waals surface area contributed by atoms with Gasteiger partial charge in [0.05, 0.1) is 20.4 Å². The minimum Gasteiger partial charge on any atom is -0.497 e. The maximum atomic E-state index is 12.2. The van der Waals surface area contributed by atoms with Crippen molar-refractivity contribution in [1.82, 2.24) is 5.43 Å². The van der Waals surface area contributed by atoms with E-state index in [1.165, 1.54) is 13.3 Å². The average molecular weight is 468 g/mol. The highest BCUT2D eigenvalue weighted by atomic mass is 35.5. The fraction of sp³-hybridized carbons (Fsp3) is 0.125. The van der Waals surface area contributed by atoms with Crippen molar-refractivity contribution in [3.8, 4) is 17.2 Å². The van der Waals surface area contributed by atoms with Crippen molar-refractivity contribution in [2.24, 2.45) is 5.10 Å². The second kappa shape index (κ2) is 11.5. The molecule has 9 heteroatoms. The molecule has 0 aliphatic heterocycles. The van der Waals surface area contributed by atoms with Gasteiger partial charge in [-0.1, -0.05) is 11.6 Å².